The minimum absolute atomic E-state index is 0.0834. The first-order chi connectivity index (χ1) is 12.8. The molecule has 0 bridgehead atoms. The molecule has 8 heteroatoms. The summed E-state index contributed by atoms with van der Waals surface area (Å²) in [5, 5.41) is 0.930. The third-order valence-electron chi connectivity index (χ3n) is 4.74. The van der Waals surface area contributed by atoms with Crippen molar-refractivity contribution in [3.05, 3.63) is 72.5 Å². The third kappa shape index (κ3) is 3.87. The number of rotatable bonds is 3. The number of aryl methyl sites for hydroxylation is 1. The van der Waals surface area contributed by atoms with Gasteiger partial charge in [0.2, 0.25) is 5.91 Å². The van der Waals surface area contributed by atoms with Gasteiger partial charge in [-0.15, -0.1) is 0 Å². The molecule has 1 fully saturated rings. The first-order valence-corrected chi connectivity index (χ1v) is 9.25. The monoisotopic (exact) mass is 407 g/mol. The zero-order chi connectivity index (χ0) is 19.7. The number of hydrogen-bond acceptors (Lipinski definition) is 3. The van der Waals surface area contributed by atoms with E-state index < -0.39 is 11.2 Å². The molecular weight excluding hydrogens is 389 g/mol. The summed E-state index contributed by atoms with van der Waals surface area (Å²) in [6, 6.07) is 5.30. The maximum absolute atomic E-state index is 12.7. The molecule has 2 heterocycles. The average molecular weight is 408 g/mol. The molecule has 1 aromatic heterocycles. The topological polar surface area (TPSA) is 64.3 Å². The maximum Gasteiger partial charge on any atom is 0.330 e. The van der Waals surface area contributed by atoms with Crippen LogP contribution < -0.4 is 11.2 Å². The average Bonchev–Trinajstić information content (AvgIpc) is 3.13. The zero-order valence-corrected chi connectivity index (χ0v) is 16.5. The summed E-state index contributed by atoms with van der Waals surface area (Å²) in [5.41, 5.74) is 0.354. The Morgan fingerprint density at radius 2 is 1.93 bits per heavy atom. The highest BCUT2D eigenvalue weighted by Gasteiger charge is 2.29. The Hall–Kier alpha value is -2.31. The molecule has 0 saturated carbocycles. The maximum atomic E-state index is 12.7. The summed E-state index contributed by atoms with van der Waals surface area (Å²) >= 11 is 12.1. The van der Waals surface area contributed by atoms with E-state index in [9.17, 15) is 14.4 Å². The van der Waals surface area contributed by atoms with Crippen molar-refractivity contribution in [2.75, 3.05) is 6.54 Å². The molecule has 1 atom stereocenters. The largest absolute Gasteiger partial charge is 0.332 e. The fourth-order valence-electron chi connectivity index (χ4n) is 3.30. The molecule has 1 aliphatic rings. The van der Waals surface area contributed by atoms with Gasteiger partial charge in [0.15, 0.2) is 0 Å². The van der Waals surface area contributed by atoms with Gasteiger partial charge < -0.3 is 9.47 Å². The van der Waals surface area contributed by atoms with E-state index in [4.69, 9.17) is 23.2 Å². The molecule has 142 valence electrons. The van der Waals surface area contributed by atoms with Crippen LogP contribution in [0.4, 0.5) is 0 Å². The van der Waals surface area contributed by atoms with E-state index in [2.05, 4.69) is 0 Å². The molecule has 1 aromatic carbocycles. The molecule has 0 aliphatic carbocycles. The van der Waals surface area contributed by atoms with Crippen molar-refractivity contribution in [2.45, 2.75) is 18.9 Å². The SMILES string of the molecule is Cn1cc(/C=C/C(=O)N2CCCC2c2ccc(Cl)c(Cl)c2)c(=O)n(C)c1=O. The van der Waals surface area contributed by atoms with Crippen LogP contribution in [0.2, 0.25) is 10.0 Å². The van der Waals surface area contributed by atoms with Gasteiger partial charge in [-0.3, -0.25) is 14.2 Å². The second-order valence-corrected chi connectivity index (χ2v) is 7.35. The molecular formula is C19H19Cl2N3O3. The molecule has 2 aromatic rings. The minimum atomic E-state index is -0.440. The Morgan fingerprint density at radius 1 is 1.19 bits per heavy atom. The van der Waals surface area contributed by atoms with Gasteiger partial charge in [-0.05, 0) is 36.6 Å². The van der Waals surface area contributed by atoms with Gasteiger partial charge in [0.1, 0.15) is 0 Å². The van der Waals surface area contributed by atoms with Gasteiger partial charge in [-0.25, -0.2) is 4.79 Å². The number of carbonyl (C=O) groups is 1. The lowest BCUT2D eigenvalue weighted by molar-refractivity contribution is -0.126. The van der Waals surface area contributed by atoms with E-state index in [-0.39, 0.29) is 17.5 Å². The Balaban J connectivity index is 1.85. The van der Waals surface area contributed by atoms with Gasteiger partial charge in [0, 0.05) is 32.9 Å². The van der Waals surface area contributed by atoms with E-state index in [1.165, 1.54) is 30.0 Å². The van der Waals surface area contributed by atoms with Crippen LogP contribution in [-0.4, -0.2) is 26.5 Å². The van der Waals surface area contributed by atoms with Crippen LogP contribution in [0, 0.1) is 0 Å². The molecule has 0 spiro atoms. The van der Waals surface area contributed by atoms with Crippen molar-refractivity contribution in [2.24, 2.45) is 14.1 Å². The summed E-state index contributed by atoms with van der Waals surface area (Å²) in [4.78, 5) is 38.4. The van der Waals surface area contributed by atoms with E-state index >= 15 is 0 Å². The van der Waals surface area contributed by atoms with Gasteiger partial charge in [-0.2, -0.15) is 0 Å². The third-order valence-corrected chi connectivity index (χ3v) is 5.48. The predicted molar refractivity (Wildman–Crippen MR) is 106 cm³/mol. The number of amides is 1. The number of benzene rings is 1. The minimum Gasteiger partial charge on any atom is -0.332 e. The molecule has 6 nitrogen and oxygen atoms in total. The summed E-state index contributed by atoms with van der Waals surface area (Å²) < 4.78 is 2.32. The van der Waals surface area contributed by atoms with Crippen molar-refractivity contribution in [1.82, 2.24) is 14.0 Å². The van der Waals surface area contributed by atoms with Gasteiger partial charge in [0.25, 0.3) is 5.56 Å². The Bertz CT molecular complexity index is 1040. The van der Waals surface area contributed by atoms with Gasteiger partial charge in [-0.1, -0.05) is 29.3 Å². The smallest absolute Gasteiger partial charge is 0.330 e. The second kappa shape index (κ2) is 7.74. The summed E-state index contributed by atoms with van der Waals surface area (Å²) in [7, 11) is 2.96. The van der Waals surface area contributed by atoms with Crippen LogP contribution in [0.25, 0.3) is 6.08 Å². The number of hydrogen-bond donors (Lipinski definition) is 0. The normalized spacial score (nSPS) is 17.0. The van der Waals surface area contributed by atoms with Crippen LogP contribution in [-0.2, 0) is 18.9 Å². The predicted octanol–water partition coefficient (Wildman–Crippen LogP) is 2.77. The lowest BCUT2D eigenvalue weighted by Crippen LogP contribution is -2.37. The lowest BCUT2D eigenvalue weighted by atomic mass is 10.0. The molecule has 1 aliphatic heterocycles. The fourth-order valence-corrected chi connectivity index (χ4v) is 3.61. The Morgan fingerprint density at radius 3 is 2.63 bits per heavy atom. The van der Waals surface area contributed by atoms with Crippen LogP contribution in [0.1, 0.15) is 30.0 Å². The molecule has 0 radical (unpaired) electrons. The Kier molecular flexibility index (Phi) is 5.58. The standard InChI is InChI=1S/C19H19Cl2N3O3/c1-22-11-13(18(26)23(2)19(22)27)6-8-17(25)24-9-3-4-16(24)12-5-7-14(20)15(21)10-12/h5-8,10-11,16H,3-4,9H2,1-2H3/b8-6+. The van der Waals surface area contributed by atoms with Crippen LogP contribution in [0.15, 0.2) is 40.1 Å². The zero-order valence-electron chi connectivity index (χ0n) is 15.0. The van der Waals surface area contributed by atoms with E-state index in [1.807, 2.05) is 6.07 Å². The van der Waals surface area contributed by atoms with Crippen LogP contribution in [0.5, 0.6) is 0 Å². The summed E-state index contributed by atoms with van der Waals surface area (Å²) in [6.07, 6.45) is 5.96. The first kappa shape index (κ1) is 19.5. The van der Waals surface area contributed by atoms with Crippen molar-refractivity contribution in [3.63, 3.8) is 0 Å². The van der Waals surface area contributed by atoms with Gasteiger partial charge >= 0.3 is 5.69 Å². The number of nitrogens with zero attached hydrogens (tertiary/aromatic N) is 3. The van der Waals surface area contributed by atoms with Crippen molar-refractivity contribution in [3.8, 4) is 0 Å². The Labute approximate surface area is 166 Å². The highest BCUT2D eigenvalue weighted by atomic mass is 35.5. The van der Waals surface area contributed by atoms with Gasteiger partial charge in [0.05, 0.1) is 21.7 Å². The molecule has 3 rings (SSSR count). The van der Waals surface area contributed by atoms with Crippen LogP contribution in [0.3, 0.4) is 0 Å². The van der Waals surface area contributed by atoms with E-state index in [0.29, 0.717) is 16.6 Å². The quantitative estimate of drug-likeness (QED) is 0.734. The van der Waals surface area contributed by atoms with Crippen LogP contribution >= 0.6 is 23.2 Å². The van der Waals surface area contributed by atoms with E-state index in [1.54, 1.807) is 24.1 Å². The number of aromatic nitrogens is 2. The highest BCUT2D eigenvalue weighted by Crippen LogP contribution is 2.35. The van der Waals surface area contributed by atoms with E-state index in [0.717, 1.165) is 23.0 Å². The molecule has 27 heavy (non-hydrogen) atoms. The first-order valence-electron chi connectivity index (χ1n) is 8.50. The summed E-state index contributed by atoms with van der Waals surface area (Å²) in [5.74, 6) is -0.195. The summed E-state index contributed by atoms with van der Waals surface area (Å²) in [6.45, 7) is 0.624. The van der Waals surface area contributed by atoms with Crippen molar-refractivity contribution >= 4 is 35.2 Å². The highest BCUT2D eigenvalue weighted by molar-refractivity contribution is 6.42. The molecule has 1 saturated heterocycles. The van der Waals surface area contributed by atoms with Crippen molar-refractivity contribution < 1.29 is 4.79 Å². The number of halogens is 2. The lowest BCUT2D eigenvalue weighted by Gasteiger charge is -2.24. The number of carbonyl (C=O) groups excluding carboxylic acids is 1. The molecule has 0 N–H and O–H groups in total. The van der Waals surface area contributed by atoms with Crippen molar-refractivity contribution in [1.29, 1.82) is 0 Å². The fraction of sp³-hybridized carbons (Fsp3) is 0.316. The second-order valence-electron chi connectivity index (χ2n) is 6.54. The number of likely N-dealkylation sites (tertiary alicyclic amines) is 1. The molecule has 1 amide bonds. The molecule has 1 unspecified atom stereocenters.